The Labute approximate surface area is 112 Å². The van der Waals surface area contributed by atoms with E-state index in [0.29, 0.717) is 12.7 Å². The van der Waals surface area contributed by atoms with Crippen LogP contribution >= 0.6 is 0 Å². The lowest BCUT2D eigenvalue weighted by atomic mass is 10.1. The number of furan rings is 1. The number of aromatic nitrogens is 2. The summed E-state index contributed by atoms with van der Waals surface area (Å²) >= 11 is 0. The predicted octanol–water partition coefficient (Wildman–Crippen LogP) is 2.18. The number of likely N-dealkylation sites (tertiary alicyclic amines) is 1. The van der Waals surface area contributed by atoms with E-state index in [1.807, 2.05) is 18.5 Å². The Balaban J connectivity index is 1.39. The second kappa shape index (κ2) is 6.04. The molecule has 0 saturated carbocycles. The van der Waals surface area contributed by atoms with E-state index in [9.17, 15) is 0 Å². The molecule has 0 radical (unpaired) electrons. The molecule has 1 aliphatic rings. The third kappa shape index (κ3) is 3.45. The molecule has 1 aliphatic heterocycles. The molecule has 2 aromatic heterocycles. The maximum absolute atomic E-state index is 5.88. The molecule has 0 spiro atoms. The lowest BCUT2D eigenvalue weighted by Crippen LogP contribution is -2.36. The molecule has 0 amide bonds. The number of ether oxygens (including phenoxy) is 1. The van der Waals surface area contributed by atoms with E-state index >= 15 is 0 Å². The van der Waals surface area contributed by atoms with Crippen LogP contribution in [0, 0.1) is 0 Å². The van der Waals surface area contributed by atoms with Crippen LogP contribution in [-0.2, 0) is 17.9 Å². The van der Waals surface area contributed by atoms with Gasteiger partial charge in [0.2, 0.25) is 0 Å². The van der Waals surface area contributed by atoms with Gasteiger partial charge in [0.05, 0.1) is 37.3 Å². The number of aromatic amines is 1. The maximum Gasteiger partial charge on any atom is 0.0947 e. The Morgan fingerprint density at radius 1 is 1.42 bits per heavy atom. The third-order valence-corrected chi connectivity index (χ3v) is 3.54. The fourth-order valence-electron chi connectivity index (χ4n) is 2.45. The molecule has 102 valence electrons. The lowest BCUT2D eigenvalue weighted by molar-refractivity contribution is -0.00513. The molecule has 3 rings (SSSR count). The standard InChI is InChI=1S/C14H19N3O2/c1-4-17(8-12-3-6-18-9-12)5-2-14(1)19-10-13-7-15-11-16-13/h3,6-7,9,11,14H,1-2,4-5,8,10H2,(H,15,16). The second-order valence-corrected chi connectivity index (χ2v) is 4.98. The number of nitrogens with one attached hydrogen (secondary N) is 1. The molecule has 1 N–H and O–H groups in total. The monoisotopic (exact) mass is 261 g/mol. The minimum Gasteiger partial charge on any atom is -0.472 e. The minimum absolute atomic E-state index is 0.359. The molecule has 0 bridgehead atoms. The summed E-state index contributed by atoms with van der Waals surface area (Å²) in [4.78, 5) is 9.55. The van der Waals surface area contributed by atoms with Crippen molar-refractivity contribution in [3.05, 3.63) is 42.4 Å². The van der Waals surface area contributed by atoms with Crippen LogP contribution in [0.15, 0.2) is 35.5 Å². The zero-order valence-electron chi connectivity index (χ0n) is 10.9. The van der Waals surface area contributed by atoms with E-state index in [0.717, 1.165) is 38.2 Å². The van der Waals surface area contributed by atoms with E-state index in [1.165, 1.54) is 5.56 Å². The van der Waals surface area contributed by atoms with Crippen LogP contribution in [0.25, 0.3) is 0 Å². The Kier molecular flexibility index (Phi) is 3.95. The first-order valence-corrected chi connectivity index (χ1v) is 6.73. The van der Waals surface area contributed by atoms with Gasteiger partial charge in [-0.2, -0.15) is 0 Å². The number of H-pyrrole nitrogens is 1. The van der Waals surface area contributed by atoms with Crippen molar-refractivity contribution in [1.29, 1.82) is 0 Å². The molecule has 0 unspecified atom stereocenters. The zero-order valence-corrected chi connectivity index (χ0v) is 10.9. The molecule has 19 heavy (non-hydrogen) atoms. The van der Waals surface area contributed by atoms with Gasteiger partial charge in [-0.05, 0) is 18.9 Å². The summed E-state index contributed by atoms with van der Waals surface area (Å²) in [6, 6.07) is 2.03. The largest absolute Gasteiger partial charge is 0.472 e. The van der Waals surface area contributed by atoms with Crippen LogP contribution < -0.4 is 0 Å². The van der Waals surface area contributed by atoms with Gasteiger partial charge in [-0.1, -0.05) is 0 Å². The number of hydrogen-bond acceptors (Lipinski definition) is 4. The molecule has 1 saturated heterocycles. The van der Waals surface area contributed by atoms with Crippen molar-refractivity contribution in [3.63, 3.8) is 0 Å². The van der Waals surface area contributed by atoms with Crippen molar-refractivity contribution in [2.45, 2.75) is 32.1 Å². The van der Waals surface area contributed by atoms with Crippen molar-refractivity contribution >= 4 is 0 Å². The highest BCUT2D eigenvalue weighted by Gasteiger charge is 2.20. The molecular formula is C14H19N3O2. The second-order valence-electron chi connectivity index (χ2n) is 4.98. The van der Waals surface area contributed by atoms with E-state index in [2.05, 4.69) is 14.9 Å². The van der Waals surface area contributed by atoms with Crippen molar-refractivity contribution < 1.29 is 9.15 Å². The van der Waals surface area contributed by atoms with Crippen molar-refractivity contribution in [3.8, 4) is 0 Å². The van der Waals surface area contributed by atoms with Crippen LogP contribution in [0.1, 0.15) is 24.1 Å². The fourth-order valence-corrected chi connectivity index (χ4v) is 2.45. The van der Waals surface area contributed by atoms with Gasteiger partial charge in [-0.25, -0.2) is 4.98 Å². The van der Waals surface area contributed by atoms with Crippen LogP contribution in [-0.4, -0.2) is 34.1 Å². The Bertz CT molecular complexity index is 459. The van der Waals surface area contributed by atoms with Crippen LogP contribution in [0.4, 0.5) is 0 Å². The average molecular weight is 261 g/mol. The molecule has 3 heterocycles. The summed E-state index contributed by atoms with van der Waals surface area (Å²) in [6.45, 7) is 3.74. The highest BCUT2D eigenvalue weighted by molar-refractivity contribution is 5.05. The fraction of sp³-hybridized carbons (Fsp3) is 0.500. The van der Waals surface area contributed by atoms with Crippen LogP contribution in [0.5, 0.6) is 0 Å². The Hall–Kier alpha value is -1.59. The topological polar surface area (TPSA) is 54.3 Å². The predicted molar refractivity (Wildman–Crippen MR) is 70.4 cm³/mol. The molecular weight excluding hydrogens is 242 g/mol. The first kappa shape index (κ1) is 12.4. The van der Waals surface area contributed by atoms with Gasteiger partial charge in [0.25, 0.3) is 0 Å². The summed E-state index contributed by atoms with van der Waals surface area (Å²) in [5, 5.41) is 0. The van der Waals surface area contributed by atoms with Gasteiger partial charge < -0.3 is 14.1 Å². The van der Waals surface area contributed by atoms with Crippen molar-refractivity contribution in [2.75, 3.05) is 13.1 Å². The average Bonchev–Trinajstić information content (AvgIpc) is 3.11. The summed E-state index contributed by atoms with van der Waals surface area (Å²) in [7, 11) is 0. The van der Waals surface area contributed by atoms with Gasteiger partial charge in [0, 0.05) is 31.4 Å². The minimum atomic E-state index is 0.359. The highest BCUT2D eigenvalue weighted by Crippen LogP contribution is 2.17. The Morgan fingerprint density at radius 3 is 3.00 bits per heavy atom. The third-order valence-electron chi connectivity index (χ3n) is 3.54. The number of piperidine rings is 1. The normalized spacial score (nSPS) is 17.9. The zero-order chi connectivity index (χ0) is 12.9. The van der Waals surface area contributed by atoms with Gasteiger partial charge in [-0.15, -0.1) is 0 Å². The molecule has 0 aromatic carbocycles. The first-order chi connectivity index (χ1) is 9.40. The van der Waals surface area contributed by atoms with E-state index in [4.69, 9.17) is 9.15 Å². The van der Waals surface area contributed by atoms with Gasteiger partial charge >= 0.3 is 0 Å². The summed E-state index contributed by atoms with van der Waals surface area (Å²) < 4.78 is 11.0. The van der Waals surface area contributed by atoms with E-state index in [-0.39, 0.29) is 0 Å². The number of hydrogen-bond donors (Lipinski definition) is 1. The molecule has 1 fully saturated rings. The van der Waals surface area contributed by atoms with E-state index < -0.39 is 0 Å². The van der Waals surface area contributed by atoms with Crippen molar-refractivity contribution in [1.82, 2.24) is 14.9 Å². The molecule has 5 nitrogen and oxygen atoms in total. The Morgan fingerprint density at radius 2 is 2.32 bits per heavy atom. The number of rotatable bonds is 5. The van der Waals surface area contributed by atoms with Gasteiger partial charge in [0.1, 0.15) is 0 Å². The number of imidazole rings is 1. The summed E-state index contributed by atoms with van der Waals surface area (Å²) in [5.41, 5.74) is 2.22. The highest BCUT2D eigenvalue weighted by atomic mass is 16.5. The summed E-state index contributed by atoms with van der Waals surface area (Å²) in [6.07, 6.45) is 9.65. The van der Waals surface area contributed by atoms with Gasteiger partial charge in [0.15, 0.2) is 0 Å². The summed E-state index contributed by atoms with van der Waals surface area (Å²) in [5.74, 6) is 0. The van der Waals surface area contributed by atoms with Gasteiger partial charge in [-0.3, -0.25) is 4.90 Å². The quantitative estimate of drug-likeness (QED) is 0.896. The number of nitrogens with zero attached hydrogens (tertiary/aromatic N) is 2. The van der Waals surface area contributed by atoms with Crippen LogP contribution in [0.2, 0.25) is 0 Å². The maximum atomic E-state index is 5.88. The first-order valence-electron chi connectivity index (χ1n) is 6.73. The SMILES string of the molecule is c1nc(COC2CCN(Cc3ccoc3)CC2)c[nH]1. The molecule has 0 aliphatic carbocycles. The molecule has 0 atom stereocenters. The van der Waals surface area contributed by atoms with Crippen molar-refractivity contribution in [2.24, 2.45) is 0 Å². The van der Waals surface area contributed by atoms with Crippen LogP contribution in [0.3, 0.4) is 0 Å². The molecule has 5 heteroatoms. The lowest BCUT2D eigenvalue weighted by Gasteiger charge is -2.31. The van der Waals surface area contributed by atoms with E-state index in [1.54, 1.807) is 12.6 Å². The smallest absolute Gasteiger partial charge is 0.0947 e. The molecule has 2 aromatic rings.